The zero-order valence-electron chi connectivity index (χ0n) is 18.0. The molecule has 3 aromatic rings. The zero-order chi connectivity index (χ0) is 21.8. The number of benzene rings is 2. The van der Waals surface area contributed by atoms with E-state index in [0.29, 0.717) is 19.0 Å². The van der Waals surface area contributed by atoms with Crippen LogP contribution in [-0.4, -0.2) is 33.5 Å². The summed E-state index contributed by atoms with van der Waals surface area (Å²) in [5.74, 6) is 1.36. The Balaban J connectivity index is 1.36. The van der Waals surface area contributed by atoms with Gasteiger partial charge in [-0.05, 0) is 63.1 Å². The van der Waals surface area contributed by atoms with Crippen molar-refractivity contribution in [3.8, 4) is 17.2 Å². The predicted molar refractivity (Wildman–Crippen MR) is 118 cm³/mol. The number of nitrogens with zero attached hydrogens (tertiary/aromatic N) is 2. The molecule has 1 aliphatic heterocycles. The Morgan fingerprint density at radius 3 is 2.58 bits per heavy atom. The van der Waals surface area contributed by atoms with Crippen molar-refractivity contribution in [3.05, 3.63) is 71.1 Å². The summed E-state index contributed by atoms with van der Waals surface area (Å²) in [5.41, 5.74) is 4.00. The summed E-state index contributed by atoms with van der Waals surface area (Å²) < 4.78 is 11.7. The summed E-state index contributed by atoms with van der Waals surface area (Å²) in [6, 6.07) is 15.5. The monoisotopic (exact) mass is 420 g/mol. The van der Waals surface area contributed by atoms with E-state index in [2.05, 4.69) is 4.98 Å². The van der Waals surface area contributed by atoms with Gasteiger partial charge in [0.2, 0.25) is 5.89 Å². The number of carboxylic acids is 1. The molecule has 0 saturated carbocycles. The molecule has 1 saturated heterocycles. The quantitative estimate of drug-likeness (QED) is 0.581. The molecular weight excluding hydrogens is 392 g/mol. The van der Waals surface area contributed by atoms with Gasteiger partial charge in [-0.1, -0.05) is 36.2 Å². The topological polar surface area (TPSA) is 75.8 Å². The molecule has 31 heavy (non-hydrogen) atoms. The number of hydrogen-bond donors (Lipinski definition) is 1. The van der Waals surface area contributed by atoms with Crippen molar-refractivity contribution in [1.82, 2.24) is 9.88 Å². The maximum absolute atomic E-state index is 11.5. The molecule has 0 spiro atoms. The summed E-state index contributed by atoms with van der Waals surface area (Å²) in [4.78, 5) is 18.1. The molecule has 0 aliphatic carbocycles. The summed E-state index contributed by atoms with van der Waals surface area (Å²) >= 11 is 0. The Hall–Kier alpha value is -3.12. The first kappa shape index (κ1) is 21.1. The highest BCUT2D eigenvalue weighted by Crippen LogP contribution is 2.24. The molecule has 6 heteroatoms. The fraction of sp³-hybridized carbons (Fsp3) is 0.360. The van der Waals surface area contributed by atoms with Crippen molar-refractivity contribution >= 4 is 5.97 Å². The maximum Gasteiger partial charge on any atom is 0.320 e. The highest BCUT2D eigenvalue weighted by molar-refractivity contribution is 5.73. The second kappa shape index (κ2) is 9.35. The van der Waals surface area contributed by atoms with Crippen molar-refractivity contribution in [2.45, 2.75) is 52.3 Å². The SMILES string of the molecule is Cc1ccc(-c2nc(COc3ccc(CN4CCCC[C@@H]4C(=O)O)cc3)c(C)o2)cc1. The number of ether oxygens (including phenoxy) is 1. The standard InChI is InChI=1S/C25H28N2O4/c1-17-6-10-20(11-7-17)24-26-22(18(2)31-24)16-30-21-12-8-19(9-13-21)15-27-14-4-3-5-23(27)25(28)29/h6-13,23H,3-5,14-16H2,1-2H3,(H,28,29)/t23-/m1/s1. The van der Waals surface area contributed by atoms with Gasteiger partial charge in [-0.2, -0.15) is 0 Å². The molecule has 0 unspecified atom stereocenters. The largest absolute Gasteiger partial charge is 0.487 e. The van der Waals surface area contributed by atoms with Crippen LogP contribution in [0.5, 0.6) is 5.75 Å². The zero-order valence-corrected chi connectivity index (χ0v) is 18.0. The minimum absolute atomic E-state index is 0.327. The molecule has 1 aromatic heterocycles. The number of aliphatic carboxylic acids is 1. The average molecular weight is 421 g/mol. The van der Waals surface area contributed by atoms with Crippen LogP contribution in [0.3, 0.4) is 0 Å². The third kappa shape index (κ3) is 5.14. The lowest BCUT2D eigenvalue weighted by molar-refractivity contribution is -0.144. The Kier molecular flexibility index (Phi) is 6.37. The second-order valence-corrected chi connectivity index (χ2v) is 8.14. The van der Waals surface area contributed by atoms with Crippen molar-refractivity contribution in [2.75, 3.05) is 6.54 Å². The first-order chi connectivity index (χ1) is 15.0. The Morgan fingerprint density at radius 1 is 1.13 bits per heavy atom. The molecule has 1 N–H and O–H groups in total. The lowest BCUT2D eigenvalue weighted by Gasteiger charge is -2.32. The van der Waals surface area contributed by atoms with Gasteiger partial charge in [-0.15, -0.1) is 0 Å². The molecule has 0 radical (unpaired) electrons. The lowest BCUT2D eigenvalue weighted by atomic mass is 10.0. The fourth-order valence-corrected chi connectivity index (χ4v) is 3.92. The molecule has 0 amide bonds. The highest BCUT2D eigenvalue weighted by Gasteiger charge is 2.28. The molecule has 1 aliphatic rings. The van der Waals surface area contributed by atoms with Gasteiger partial charge < -0.3 is 14.3 Å². The number of carboxylic acid groups (broad SMARTS) is 1. The molecule has 2 heterocycles. The Bertz CT molecular complexity index is 1020. The molecule has 162 valence electrons. The molecule has 2 aromatic carbocycles. The van der Waals surface area contributed by atoms with Crippen LogP contribution in [0.25, 0.3) is 11.5 Å². The number of rotatable bonds is 7. The fourth-order valence-electron chi connectivity index (χ4n) is 3.92. The molecule has 1 fully saturated rings. The third-order valence-electron chi connectivity index (χ3n) is 5.77. The van der Waals surface area contributed by atoms with E-state index in [1.165, 1.54) is 5.56 Å². The molecule has 4 rings (SSSR count). The van der Waals surface area contributed by atoms with Crippen LogP contribution in [0.2, 0.25) is 0 Å². The van der Waals surface area contributed by atoms with Gasteiger partial charge in [-0.25, -0.2) is 4.98 Å². The summed E-state index contributed by atoms with van der Waals surface area (Å²) in [6.45, 7) is 5.73. The first-order valence-corrected chi connectivity index (χ1v) is 10.7. The smallest absolute Gasteiger partial charge is 0.320 e. The molecule has 1 atom stereocenters. The van der Waals surface area contributed by atoms with Gasteiger partial charge in [0, 0.05) is 12.1 Å². The van der Waals surface area contributed by atoms with Gasteiger partial charge in [0.25, 0.3) is 0 Å². The van der Waals surface area contributed by atoms with E-state index in [1.807, 2.05) is 67.3 Å². The van der Waals surface area contributed by atoms with Crippen LogP contribution in [0.15, 0.2) is 52.9 Å². The lowest BCUT2D eigenvalue weighted by Crippen LogP contribution is -2.43. The summed E-state index contributed by atoms with van der Waals surface area (Å²) in [7, 11) is 0. The minimum Gasteiger partial charge on any atom is -0.487 e. The number of aromatic nitrogens is 1. The third-order valence-corrected chi connectivity index (χ3v) is 5.77. The van der Waals surface area contributed by atoms with Crippen LogP contribution in [0, 0.1) is 13.8 Å². The van der Waals surface area contributed by atoms with Crippen molar-refractivity contribution in [3.63, 3.8) is 0 Å². The van der Waals surface area contributed by atoms with Crippen molar-refractivity contribution in [2.24, 2.45) is 0 Å². The average Bonchev–Trinajstić information content (AvgIpc) is 3.14. The van der Waals surface area contributed by atoms with Gasteiger partial charge in [0.1, 0.15) is 29.9 Å². The van der Waals surface area contributed by atoms with E-state index in [0.717, 1.165) is 54.1 Å². The van der Waals surface area contributed by atoms with E-state index in [-0.39, 0.29) is 6.04 Å². The van der Waals surface area contributed by atoms with E-state index < -0.39 is 5.97 Å². The number of piperidine rings is 1. The normalized spacial score (nSPS) is 16.9. The maximum atomic E-state index is 11.5. The van der Waals surface area contributed by atoms with E-state index >= 15 is 0 Å². The van der Waals surface area contributed by atoms with Crippen LogP contribution in [0.4, 0.5) is 0 Å². The molecular formula is C25H28N2O4. The van der Waals surface area contributed by atoms with Crippen LogP contribution in [-0.2, 0) is 17.9 Å². The number of carbonyl (C=O) groups is 1. The van der Waals surface area contributed by atoms with Crippen LogP contribution in [0.1, 0.15) is 41.8 Å². The first-order valence-electron chi connectivity index (χ1n) is 10.7. The number of oxazole rings is 1. The Labute approximate surface area is 182 Å². The van der Waals surface area contributed by atoms with E-state index in [4.69, 9.17) is 9.15 Å². The van der Waals surface area contributed by atoms with Crippen molar-refractivity contribution < 1.29 is 19.1 Å². The summed E-state index contributed by atoms with van der Waals surface area (Å²) in [5, 5.41) is 9.44. The summed E-state index contributed by atoms with van der Waals surface area (Å²) in [6.07, 6.45) is 2.75. The van der Waals surface area contributed by atoms with Crippen molar-refractivity contribution in [1.29, 1.82) is 0 Å². The van der Waals surface area contributed by atoms with Gasteiger partial charge >= 0.3 is 5.97 Å². The van der Waals surface area contributed by atoms with Gasteiger partial charge in [-0.3, -0.25) is 9.69 Å². The van der Waals surface area contributed by atoms with E-state index in [1.54, 1.807) is 0 Å². The predicted octanol–water partition coefficient (Wildman–Crippen LogP) is 4.98. The molecule has 0 bridgehead atoms. The second-order valence-electron chi connectivity index (χ2n) is 8.14. The Morgan fingerprint density at radius 2 is 1.87 bits per heavy atom. The van der Waals surface area contributed by atoms with Gasteiger partial charge in [0.15, 0.2) is 0 Å². The number of aryl methyl sites for hydroxylation is 2. The van der Waals surface area contributed by atoms with Crippen LogP contribution < -0.4 is 4.74 Å². The number of likely N-dealkylation sites (tertiary alicyclic amines) is 1. The number of hydrogen-bond acceptors (Lipinski definition) is 5. The van der Waals surface area contributed by atoms with E-state index in [9.17, 15) is 9.90 Å². The van der Waals surface area contributed by atoms with Crippen LogP contribution >= 0.6 is 0 Å². The van der Waals surface area contributed by atoms with Gasteiger partial charge in [0.05, 0.1) is 0 Å². The minimum atomic E-state index is -0.729. The molecule has 6 nitrogen and oxygen atoms in total. The highest BCUT2D eigenvalue weighted by atomic mass is 16.5.